The molecule has 8 heteroatoms. The first-order chi connectivity index (χ1) is 15.5. The summed E-state index contributed by atoms with van der Waals surface area (Å²) in [5.74, 6) is -0.249. The fourth-order valence-electron chi connectivity index (χ4n) is 3.34. The Morgan fingerprint density at radius 3 is 2.47 bits per heavy atom. The fraction of sp³-hybridized carbons (Fsp3) is 0.0833. The first-order valence-corrected chi connectivity index (χ1v) is 10.1. The van der Waals surface area contributed by atoms with Crippen molar-refractivity contribution in [1.82, 2.24) is 9.55 Å². The van der Waals surface area contributed by atoms with Crippen LogP contribution in [0.1, 0.15) is 15.9 Å². The maximum absolute atomic E-state index is 13.1. The van der Waals surface area contributed by atoms with E-state index in [1.165, 1.54) is 37.8 Å². The van der Waals surface area contributed by atoms with Crippen LogP contribution in [-0.4, -0.2) is 28.4 Å². The monoisotopic (exact) mass is 447 g/mol. The van der Waals surface area contributed by atoms with E-state index in [2.05, 4.69) is 10.3 Å². The molecule has 0 spiro atoms. The van der Waals surface area contributed by atoms with Gasteiger partial charge in [0.25, 0.3) is 0 Å². The molecule has 1 N–H and O–H groups in total. The number of anilines is 1. The van der Waals surface area contributed by atoms with Gasteiger partial charge in [-0.1, -0.05) is 11.6 Å². The molecule has 0 radical (unpaired) electrons. The van der Waals surface area contributed by atoms with Gasteiger partial charge in [0.15, 0.2) is 5.78 Å². The third-order valence-electron chi connectivity index (χ3n) is 4.92. The van der Waals surface area contributed by atoms with Crippen molar-refractivity contribution in [2.45, 2.75) is 6.54 Å². The highest BCUT2D eigenvalue weighted by molar-refractivity contribution is 6.30. The van der Waals surface area contributed by atoms with Crippen molar-refractivity contribution >= 4 is 39.9 Å². The van der Waals surface area contributed by atoms with Gasteiger partial charge in [-0.05, 0) is 48.5 Å². The van der Waals surface area contributed by atoms with Crippen LogP contribution in [0.3, 0.4) is 0 Å². The zero-order chi connectivity index (χ0) is 22.7. The Hall–Kier alpha value is -3.97. The molecule has 0 saturated carbocycles. The summed E-state index contributed by atoms with van der Waals surface area (Å²) in [6, 6.07) is 14.7. The summed E-state index contributed by atoms with van der Waals surface area (Å²) in [7, 11) is 1.51. The third-order valence-corrected chi connectivity index (χ3v) is 5.17. The zero-order valence-corrected chi connectivity index (χ0v) is 17.8. The van der Waals surface area contributed by atoms with E-state index in [1.54, 1.807) is 47.0 Å². The SMILES string of the molecule is COc1ccc2c(=O)c(C(=O)c3ccncc3)cn(CC(=O)Nc3ccc(Cl)cc3)c2c1. The summed E-state index contributed by atoms with van der Waals surface area (Å²) in [5.41, 5.74) is 0.941. The lowest BCUT2D eigenvalue weighted by atomic mass is 10.0. The summed E-state index contributed by atoms with van der Waals surface area (Å²) in [6.07, 6.45) is 4.38. The van der Waals surface area contributed by atoms with E-state index in [0.29, 0.717) is 32.9 Å². The van der Waals surface area contributed by atoms with E-state index >= 15 is 0 Å². The lowest BCUT2D eigenvalue weighted by Gasteiger charge is -2.14. The molecular formula is C24H18ClN3O4. The number of methoxy groups -OCH3 is 1. The summed E-state index contributed by atoms with van der Waals surface area (Å²) in [5, 5.41) is 3.65. The van der Waals surface area contributed by atoms with Crippen LogP contribution in [0.2, 0.25) is 5.02 Å². The Kier molecular flexibility index (Phi) is 6.00. The maximum atomic E-state index is 13.1. The molecule has 0 atom stereocenters. The molecule has 32 heavy (non-hydrogen) atoms. The van der Waals surface area contributed by atoms with Crippen molar-refractivity contribution in [3.63, 3.8) is 0 Å². The van der Waals surface area contributed by atoms with Crippen molar-refractivity contribution < 1.29 is 14.3 Å². The second-order valence-electron chi connectivity index (χ2n) is 7.00. The van der Waals surface area contributed by atoms with Crippen LogP contribution in [0.25, 0.3) is 10.9 Å². The minimum atomic E-state index is -0.443. The lowest BCUT2D eigenvalue weighted by Crippen LogP contribution is -2.24. The van der Waals surface area contributed by atoms with Gasteiger partial charge < -0.3 is 14.6 Å². The average Bonchev–Trinajstić information content (AvgIpc) is 2.82. The highest BCUT2D eigenvalue weighted by atomic mass is 35.5. The Morgan fingerprint density at radius 1 is 1.06 bits per heavy atom. The minimum absolute atomic E-state index is 0.0341. The van der Waals surface area contributed by atoms with Crippen molar-refractivity contribution in [2.24, 2.45) is 0 Å². The number of ketones is 1. The number of carbonyl (C=O) groups excluding carboxylic acids is 2. The Bertz CT molecular complexity index is 1370. The van der Waals surface area contributed by atoms with Gasteiger partial charge in [-0.25, -0.2) is 0 Å². The number of hydrogen-bond donors (Lipinski definition) is 1. The topological polar surface area (TPSA) is 90.3 Å². The fourth-order valence-corrected chi connectivity index (χ4v) is 3.46. The number of benzene rings is 2. The smallest absolute Gasteiger partial charge is 0.244 e. The van der Waals surface area contributed by atoms with Gasteiger partial charge >= 0.3 is 0 Å². The van der Waals surface area contributed by atoms with Gasteiger partial charge in [-0.3, -0.25) is 19.4 Å². The van der Waals surface area contributed by atoms with Crippen LogP contribution in [0.15, 0.2) is 78.0 Å². The number of nitrogens with zero attached hydrogens (tertiary/aromatic N) is 2. The van der Waals surface area contributed by atoms with Crippen LogP contribution in [0.4, 0.5) is 5.69 Å². The second-order valence-corrected chi connectivity index (χ2v) is 7.44. The molecule has 0 bridgehead atoms. The molecule has 0 aliphatic heterocycles. The molecule has 2 aromatic heterocycles. The number of pyridine rings is 2. The molecule has 0 unspecified atom stereocenters. The van der Waals surface area contributed by atoms with Crippen LogP contribution < -0.4 is 15.5 Å². The van der Waals surface area contributed by atoms with Crippen molar-refractivity contribution in [3.05, 3.63) is 99.6 Å². The molecule has 160 valence electrons. The van der Waals surface area contributed by atoms with E-state index in [0.717, 1.165) is 0 Å². The van der Waals surface area contributed by atoms with Crippen LogP contribution in [0, 0.1) is 0 Å². The van der Waals surface area contributed by atoms with Gasteiger partial charge in [-0.15, -0.1) is 0 Å². The third kappa shape index (κ3) is 4.38. The van der Waals surface area contributed by atoms with E-state index in [4.69, 9.17) is 16.3 Å². The number of halogens is 1. The molecule has 2 heterocycles. The number of amides is 1. The van der Waals surface area contributed by atoms with E-state index in [9.17, 15) is 14.4 Å². The molecule has 1 amide bonds. The summed E-state index contributed by atoms with van der Waals surface area (Å²) in [4.78, 5) is 42.8. The molecular weight excluding hydrogens is 430 g/mol. The number of ether oxygens (including phenoxy) is 1. The van der Waals surface area contributed by atoms with Crippen LogP contribution in [-0.2, 0) is 11.3 Å². The molecule has 0 saturated heterocycles. The van der Waals surface area contributed by atoms with E-state index in [1.807, 2.05) is 0 Å². The number of carbonyl (C=O) groups is 2. The quantitative estimate of drug-likeness (QED) is 0.452. The molecule has 0 aliphatic carbocycles. The molecule has 0 aliphatic rings. The summed E-state index contributed by atoms with van der Waals surface area (Å²) < 4.78 is 6.84. The zero-order valence-electron chi connectivity index (χ0n) is 17.0. The molecule has 0 fully saturated rings. The van der Waals surface area contributed by atoms with Gasteiger partial charge in [0.05, 0.1) is 18.2 Å². The number of hydrogen-bond acceptors (Lipinski definition) is 5. The van der Waals surface area contributed by atoms with Crippen molar-refractivity contribution in [2.75, 3.05) is 12.4 Å². The Labute approximate surface area is 188 Å². The first kappa shape index (κ1) is 21.3. The number of rotatable bonds is 6. The van der Waals surface area contributed by atoms with Gasteiger partial charge in [0.2, 0.25) is 11.3 Å². The summed E-state index contributed by atoms with van der Waals surface area (Å²) >= 11 is 5.89. The molecule has 4 aromatic rings. The standard InChI is InChI=1S/C24H18ClN3O4/c1-32-18-6-7-19-21(12-18)28(14-22(29)27-17-4-2-16(25)3-5-17)13-20(24(19)31)23(30)15-8-10-26-11-9-15/h2-13H,14H2,1H3,(H,27,29). The highest BCUT2D eigenvalue weighted by Crippen LogP contribution is 2.21. The average molecular weight is 448 g/mol. The van der Waals surface area contributed by atoms with Gasteiger partial charge in [0, 0.05) is 46.3 Å². The van der Waals surface area contributed by atoms with Gasteiger partial charge in [-0.2, -0.15) is 0 Å². The van der Waals surface area contributed by atoms with Crippen molar-refractivity contribution in [1.29, 1.82) is 0 Å². The van der Waals surface area contributed by atoms with Crippen LogP contribution in [0.5, 0.6) is 5.75 Å². The lowest BCUT2D eigenvalue weighted by molar-refractivity contribution is -0.116. The molecule has 2 aromatic carbocycles. The van der Waals surface area contributed by atoms with E-state index in [-0.39, 0.29) is 18.0 Å². The molecule has 4 rings (SSSR count). The minimum Gasteiger partial charge on any atom is -0.497 e. The van der Waals surface area contributed by atoms with Gasteiger partial charge in [0.1, 0.15) is 12.3 Å². The Morgan fingerprint density at radius 2 is 1.78 bits per heavy atom. The van der Waals surface area contributed by atoms with Crippen molar-refractivity contribution in [3.8, 4) is 5.75 Å². The molecule has 7 nitrogen and oxygen atoms in total. The number of nitrogens with one attached hydrogen (secondary N) is 1. The summed E-state index contributed by atoms with van der Waals surface area (Å²) in [6.45, 7) is -0.122. The maximum Gasteiger partial charge on any atom is 0.244 e. The Balaban J connectivity index is 1.77. The van der Waals surface area contributed by atoms with Crippen LogP contribution >= 0.6 is 11.6 Å². The largest absolute Gasteiger partial charge is 0.497 e. The normalized spacial score (nSPS) is 10.7. The second kappa shape index (κ2) is 9.03. The highest BCUT2D eigenvalue weighted by Gasteiger charge is 2.18. The number of fused-ring (bicyclic) bond motifs is 1. The number of aromatic nitrogens is 2. The predicted octanol–water partition coefficient (Wildman–Crippen LogP) is 3.93. The first-order valence-electron chi connectivity index (χ1n) is 9.67. The predicted molar refractivity (Wildman–Crippen MR) is 123 cm³/mol. The van der Waals surface area contributed by atoms with E-state index < -0.39 is 11.2 Å².